The number of carbonyl (C=O) groups excluding carboxylic acids is 2. The first-order valence-corrected chi connectivity index (χ1v) is 9.86. The zero-order valence-corrected chi connectivity index (χ0v) is 16.8. The van der Waals surface area contributed by atoms with E-state index in [0.717, 1.165) is 5.69 Å². The van der Waals surface area contributed by atoms with Crippen molar-refractivity contribution in [2.45, 2.75) is 13.1 Å². The third-order valence-electron chi connectivity index (χ3n) is 4.55. The number of para-hydroxylation sites is 1. The summed E-state index contributed by atoms with van der Waals surface area (Å²) < 4.78 is 0. The second kappa shape index (κ2) is 7.26. The minimum absolute atomic E-state index is 0.147. The van der Waals surface area contributed by atoms with E-state index in [1.54, 1.807) is 30.3 Å². The molecule has 0 spiro atoms. The molecule has 0 saturated heterocycles. The van der Waals surface area contributed by atoms with Crippen LogP contribution in [0, 0.1) is 0 Å². The third kappa shape index (κ3) is 3.23. The van der Waals surface area contributed by atoms with Crippen LogP contribution in [0.4, 0.5) is 16.5 Å². The first-order chi connectivity index (χ1) is 13.5. The Morgan fingerprint density at radius 3 is 2.79 bits per heavy atom. The maximum absolute atomic E-state index is 12.5. The summed E-state index contributed by atoms with van der Waals surface area (Å²) in [4.78, 5) is 32.9. The smallest absolute Gasteiger partial charge is 0.255 e. The van der Waals surface area contributed by atoms with E-state index in [-0.39, 0.29) is 11.8 Å². The number of halogens is 1. The minimum atomic E-state index is -0.416. The van der Waals surface area contributed by atoms with Gasteiger partial charge in [0.15, 0.2) is 5.13 Å². The molecule has 2 heterocycles. The molecule has 1 aliphatic heterocycles. The Bertz CT molecular complexity index is 1070. The summed E-state index contributed by atoms with van der Waals surface area (Å²) >= 11 is 7.42. The molecule has 8 heteroatoms. The number of thiazole rings is 1. The molecule has 0 bridgehead atoms. The zero-order chi connectivity index (χ0) is 19.8. The highest BCUT2D eigenvalue weighted by Crippen LogP contribution is 2.35. The van der Waals surface area contributed by atoms with E-state index in [9.17, 15) is 9.59 Å². The molecular formula is C20H17ClN4O2S. The number of rotatable bonds is 3. The summed E-state index contributed by atoms with van der Waals surface area (Å²) in [6.45, 7) is 1.48. The molecular weight excluding hydrogens is 396 g/mol. The van der Waals surface area contributed by atoms with Crippen molar-refractivity contribution < 1.29 is 9.59 Å². The van der Waals surface area contributed by atoms with Crippen molar-refractivity contribution in [1.29, 1.82) is 0 Å². The van der Waals surface area contributed by atoms with Gasteiger partial charge in [-0.05, 0) is 30.3 Å². The van der Waals surface area contributed by atoms with Crippen LogP contribution in [0.25, 0.3) is 0 Å². The molecule has 0 radical (unpaired) electrons. The molecule has 1 N–H and O–H groups in total. The largest absolute Gasteiger partial charge is 0.349 e. The number of aromatic nitrogens is 1. The van der Waals surface area contributed by atoms with Gasteiger partial charge in [-0.2, -0.15) is 0 Å². The van der Waals surface area contributed by atoms with E-state index in [0.29, 0.717) is 27.1 Å². The van der Waals surface area contributed by atoms with Crippen LogP contribution < -0.4 is 15.1 Å². The fourth-order valence-electron chi connectivity index (χ4n) is 3.23. The summed E-state index contributed by atoms with van der Waals surface area (Å²) in [5.41, 5.74) is 2.77. The molecule has 0 fully saturated rings. The number of benzene rings is 2. The lowest BCUT2D eigenvalue weighted by atomic mass is 10.1. The van der Waals surface area contributed by atoms with Crippen molar-refractivity contribution in [3.8, 4) is 0 Å². The van der Waals surface area contributed by atoms with E-state index in [4.69, 9.17) is 11.6 Å². The topological polar surface area (TPSA) is 65.5 Å². The number of hydrogen-bond donors (Lipinski definition) is 1. The highest BCUT2D eigenvalue weighted by Gasteiger charge is 2.31. The summed E-state index contributed by atoms with van der Waals surface area (Å²) in [5.74, 6) is -0.318. The first-order valence-electron chi connectivity index (χ1n) is 8.60. The predicted molar refractivity (Wildman–Crippen MR) is 111 cm³/mol. The molecule has 1 aromatic heterocycles. The van der Waals surface area contributed by atoms with Gasteiger partial charge in [-0.25, -0.2) is 4.98 Å². The van der Waals surface area contributed by atoms with Gasteiger partial charge < -0.3 is 10.2 Å². The molecule has 1 unspecified atom stereocenters. The summed E-state index contributed by atoms with van der Waals surface area (Å²) in [7, 11) is 1.90. The molecule has 1 aliphatic rings. The first kappa shape index (κ1) is 18.5. The Morgan fingerprint density at radius 1 is 1.25 bits per heavy atom. The Balaban J connectivity index is 1.69. The van der Waals surface area contributed by atoms with Crippen LogP contribution in [0.3, 0.4) is 0 Å². The molecule has 0 saturated carbocycles. The third-order valence-corrected chi connectivity index (χ3v) is 5.63. The van der Waals surface area contributed by atoms with Crippen LogP contribution in [-0.2, 0) is 4.79 Å². The SMILES string of the molecule is CC(=O)N(c1cccc(Cl)c1)c1nc(C2NC(=O)c3ccccc3N2C)cs1. The van der Waals surface area contributed by atoms with Gasteiger partial charge in [0.25, 0.3) is 5.91 Å². The van der Waals surface area contributed by atoms with Crippen molar-refractivity contribution in [3.05, 3.63) is 70.2 Å². The van der Waals surface area contributed by atoms with Crippen LogP contribution in [-0.4, -0.2) is 23.8 Å². The molecule has 1 atom stereocenters. The van der Waals surface area contributed by atoms with Crippen molar-refractivity contribution in [3.63, 3.8) is 0 Å². The predicted octanol–water partition coefficient (Wildman–Crippen LogP) is 4.36. The van der Waals surface area contributed by atoms with Crippen molar-refractivity contribution in [2.24, 2.45) is 0 Å². The van der Waals surface area contributed by atoms with E-state index >= 15 is 0 Å². The van der Waals surface area contributed by atoms with Crippen LogP contribution in [0.2, 0.25) is 5.02 Å². The molecule has 2 amide bonds. The van der Waals surface area contributed by atoms with Gasteiger partial charge in [-0.1, -0.05) is 29.8 Å². The van der Waals surface area contributed by atoms with Crippen molar-refractivity contribution in [2.75, 3.05) is 16.8 Å². The maximum atomic E-state index is 12.5. The molecule has 2 aromatic carbocycles. The monoisotopic (exact) mass is 412 g/mol. The number of amides is 2. The van der Waals surface area contributed by atoms with Gasteiger partial charge in [-0.3, -0.25) is 14.5 Å². The van der Waals surface area contributed by atoms with Crippen LogP contribution in [0.15, 0.2) is 53.9 Å². The Hall–Kier alpha value is -2.90. The molecule has 28 heavy (non-hydrogen) atoms. The number of hydrogen-bond acceptors (Lipinski definition) is 5. The normalized spacial score (nSPS) is 15.8. The molecule has 0 aliphatic carbocycles. The maximum Gasteiger partial charge on any atom is 0.255 e. The quantitative estimate of drug-likeness (QED) is 0.694. The average molecular weight is 413 g/mol. The van der Waals surface area contributed by atoms with Gasteiger partial charge in [0.2, 0.25) is 5.91 Å². The highest BCUT2D eigenvalue weighted by atomic mass is 35.5. The van der Waals surface area contributed by atoms with E-state index in [2.05, 4.69) is 10.3 Å². The van der Waals surface area contributed by atoms with Crippen LogP contribution in [0.5, 0.6) is 0 Å². The van der Waals surface area contributed by atoms with Crippen molar-refractivity contribution >= 4 is 51.3 Å². The molecule has 3 aromatic rings. The Kier molecular flexibility index (Phi) is 4.78. The van der Waals surface area contributed by atoms with Crippen molar-refractivity contribution in [1.82, 2.24) is 10.3 Å². The average Bonchev–Trinajstić information content (AvgIpc) is 3.14. The number of carbonyl (C=O) groups is 2. The van der Waals surface area contributed by atoms with Crippen LogP contribution in [0.1, 0.15) is 29.1 Å². The second-order valence-electron chi connectivity index (χ2n) is 6.39. The fourth-order valence-corrected chi connectivity index (χ4v) is 4.32. The molecule has 4 rings (SSSR count). The number of nitrogens with one attached hydrogen (secondary N) is 1. The summed E-state index contributed by atoms with van der Waals surface area (Å²) in [6.07, 6.45) is -0.416. The van der Waals surface area contributed by atoms with Gasteiger partial charge in [0, 0.05) is 24.4 Å². The minimum Gasteiger partial charge on any atom is -0.349 e. The number of nitrogens with zero attached hydrogens (tertiary/aromatic N) is 3. The number of anilines is 3. The Morgan fingerprint density at radius 2 is 2.04 bits per heavy atom. The van der Waals surface area contributed by atoms with Gasteiger partial charge in [0.1, 0.15) is 6.17 Å². The molecule has 6 nitrogen and oxygen atoms in total. The van der Waals surface area contributed by atoms with E-state index in [1.807, 2.05) is 35.5 Å². The summed E-state index contributed by atoms with van der Waals surface area (Å²) in [6, 6.07) is 14.5. The lowest BCUT2D eigenvalue weighted by molar-refractivity contribution is -0.115. The standard InChI is InChI=1S/C20H17ClN4O2S/c1-12(26)25(14-7-5-6-13(21)10-14)20-22-16(11-28-20)18-23-19(27)15-8-3-4-9-17(15)24(18)2/h3-11,18H,1-2H3,(H,23,27). The lowest BCUT2D eigenvalue weighted by Gasteiger charge is -2.35. The van der Waals surface area contributed by atoms with Gasteiger partial charge >= 0.3 is 0 Å². The lowest BCUT2D eigenvalue weighted by Crippen LogP contribution is -2.44. The Labute approximate surface area is 171 Å². The zero-order valence-electron chi connectivity index (χ0n) is 15.2. The van der Waals surface area contributed by atoms with E-state index in [1.165, 1.54) is 23.2 Å². The molecule has 142 valence electrons. The van der Waals surface area contributed by atoms with Crippen LogP contribution >= 0.6 is 22.9 Å². The highest BCUT2D eigenvalue weighted by molar-refractivity contribution is 7.14. The number of fused-ring (bicyclic) bond motifs is 1. The second-order valence-corrected chi connectivity index (χ2v) is 7.67. The fraction of sp³-hybridized carbons (Fsp3) is 0.150. The van der Waals surface area contributed by atoms with Gasteiger partial charge in [0.05, 0.1) is 22.6 Å². The van der Waals surface area contributed by atoms with Gasteiger partial charge in [-0.15, -0.1) is 11.3 Å². The van der Waals surface area contributed by atoms with E-state index < -0.39 is 6.17 Å². The summed E-state index contributed by atoms with van der Waals surface area (Å²) in [5, 5.41) is 5.89.